The monoisotopic (exact) mass is 386 g/mol. The summed E-state index contributed by atoms with van der Waals surface area (Å²) in [6.45, 7) is 2.92. The van der Waals surface area contributed by atoms with E-state index in [2.05, 4.69) is 17.4 Å². The zero-order chi connectivity index (χ0) is 18.4. The summed E-state index contributed by atoms with van der Waals surface area (Å²) >= 11 is 12.1. The number of carbonyl (C=O) groups is 1. The topological polar surface area (TPSA) is 70.9 Å². The number of aliphatic carboxylic acids is 1. The number of carboxylic acid groups (broad SMARTS) is 1. The molecule has 2 atom stereocenters. The highest BCUT2D eigenvalue weighted by molar-refractivity contribution is 6.35. The third-order valence-corrected chi connectivity index (χ3v) is 5.00. The molecule has 1 fully saturated rings. The molecular weight excluding hydrogens is 363 g/mol. The van der Waals surface area contributed by atoms with Crippen molar-refractivity contribution in [2.24, 2.45) is 11.1 Å². The van der Waals surface area contributed by atoms with Crippen molar-refractivity contribution in [1.29, 1.82) is 0 Å². The van der Waals surface area contributed by atoms with Crippen LogP contribution in [-0.4, -0.2) is 36.0 Å². The molecule has 1 heterocycles. The average Bonchev–Trinajstić information content (AvgIpc) is 3.03. The zero-order valence-corrected chi connectivity index (χ0v) is 16.0. The van der Waals surface area contributed by atoms with E-state index >= 15 is 0 Å². The quantitative estimate of drug-likeness (QED) is 0.737. The molecule has 2 aliphatic rings. The lowest BCUT2D eigenvalue weighted by atomic mass is 9.86. The number of nitrogens with zero attached hydrogens (tertiary/aromatic N) is 1. The van der Waals surface area contributed by atoms with Crippen molar-refractivity contribution < 1.29 is 14.7 Å². The molecule has 1 aliphatic heterocycles. The van der Waals surface area contributed by atoms with E-state index in [-0.39, 0.29) is 12.0 Å². The van der Waals surface area contributed by atoms with Gasteiger partial charge in [0, 0.05) is 27.9 Å². The Labute approximate surface area is 158 Å². The summed E-state index contributed by atoms with van der Waals surface area (Å²) in [5.74, 6) is -0.350. The second-order valence-electron chi connectivity index (χ2n) is 6.58. The second-order valence-corrected chi connectivity index (χ2v) is 7.46. The number of nitrogens with one attached hydrogen (secondary N) is 1. The zero-order valence-electron chi connectivity index (χ0n) is 14.5. The molecule has 2 N–H and O–H groups in total. The van der Waals surface area contributed by atoms with E-state index in [9.17, 15) is 4.79 Å². The van der Waals surface area contributed by atoms with Crippen LogP contribution in [0.2, 0.25) is 10.0 Å². The minimum Gasteiger partial charge on any atom is -0.481 e. The number of hydrogen-bond donors (Lipinski definition) is 2. The Kier molecular flexibility index (Phi) is 7.11. The van der Waals surface area contributed by atoms with Crippen LogP contribution in [0.4, 0.5) is 0 Å². The van der Waals surface area contributed by atoms with Gasteiger partial charge >= 0.3 is 5.97 Å². The molecule has 5 nitrogen and oxygen atoms in total. The highest BCUT2D eigenvalue weighted by atomic mass is 35.5. The number of oxime groups is 1. The van der Waals surface area contributed by atoms with Crippen molar-refractivity contribution >= 4 is 34.9 Å². The van der Waals surface area contributed by atoms with E-state index in [1.54, 1.807) is 6.07 Å². The van der Waals surface area contributed by atoms with Crippen molar-refractivity contribution in [2.45, 2.75) is 44.6 Å². The Morgan fingerprint density at radius 2 is 2.08 bits per heavy atom. The van der Waals surface area contributed by atoms with Gasteiger partial charge in [0.05, 0.1) is 5.71 Å². The van der Waals surface area contributed by atoms with Gasteiger partial charge in [0.1, 0.15) is 5.60 Å². The van der Waals surface area contributed by atoms with Gasteiger partial charge in [-0.3, -0.25) is 4.79 Å². The van der Waals surface area contributed by atoms with Crippen LogP contribution in [0.5, 0.6) is 0 Å². The van der Waals surface area contributed by atoms with E-state index in [1.165, 1.54) is 6.42 Å². The summed E-state index contributed by atoms with van der Waals surface area (Å²) < 4.78 is 0. The Bertz CT molecular complexity index is 631. The van der Waals surface area contributed by atoms with E-state index < -0.39 is 5.97 Å². The van der Waals surface area contributed by atoms with Crippen molar-refractivity contribution in [1.82, 2.24) is 5.32 Å². The molecule has 0 bridgehead atoms. The van der Waals surface area contributed by atoms with Crippen LogP contribution in [0.3, 0.4) is 0 Å². The fourth-order valence-corrected chi connectivity index (χ4v) is 3.79. The third-order valence-electron chi connectivity index (χ3n) is 4.56. The molecule has 0 amide bonds. The Morgan fingerprint density at radius 1 is 1.40 bits per heavy atom. The first-order chi connectivity index (χ1) is 11.9. The van der Waals surface area contributed by atoms with Gasteiger partial charge in [0.2, 0.25) is 0 Å². The van der Waals surface area contributed by atoms with Gasteiger partial charge in [0.15, 0.2) is 0 Å². The summed E-state index contributed by atoms with van der Waals surface area (Å²) in [5, 5.41) is 16.5. The third kappa shape index (κ3) is 5.33. The molecule has 7 heteroatoms. The molecule has 1 aromatic carbocycles. The van der Waals surface area contributed by atoms with Crippen LogP contribution >= 0.6 is 23.2 Å². The lowest BCUT2D eigenvalue weighted by Crippen LogP contribution is -2.30. The van der Waals surface area contributed by atoms with Gasteiger partial charge in [-0.15, -0.1) is 0 Å². The Morgan fingerprint density at radius 3 is 2.68 bits per heavy atom. The highest BCUT2D eigenvalue weighted by Gasteiger charge is 2.48. The maximum atomic E-state index is 9.85. The van der Waals surface area contributed by atoms with Gasteiger partial charge in [-0.25, -0.2) is 0 Å². The van der Waals surface area contributed by atoms with Crippen molar-refractivity contribution in [3.8, 4) is 0 Å². The smallest absolute Gasteiger partial charge is 0.303 e. The fourth-order valence-electron chi connectivity index (χ4n) is 3.26. The first-order valence-corrected chi connectivity index (χ1v) is 9.20. The number of hydrogen-bond acceptors (Lipinski definition) is 4. The molecule has 1 aliphatic carbocycles. The fraction of sp³-hybridized carbons (Fsp3) is 0.556. The van der Waals surface area contributed by atoms with E-state index in [1.807, 2.05) is 19.2 Å². The van der Waals surface area contributed by atoms with E-state index in [4.69, 9.17) is 33.1 Å². The second kappa shape index (κ2) is 8.88. The molecule has 138 valence electrons. The molecule has 0 spiro atoms. The molecule has 1 aromatic rings. The van der Waals surface area contributed by atoms with Gasteiger partial charge in [-0.05, 0) is 64.4 Å². The summed E-state index contributed by atoms with van der Waals surface area (Å²) in [7, 11) is 1.81. The molecule has 25 heavy (non-hydrogen) atoms. The van der Waals surface area contributed by atoms with Crippen LogP contribution < -0.4 is 5.32 Å². The van der Waals surface area contributed by atoms with Crippen molar-refractivity contribution in [2.75, 3.05) is 13.6 Å². The lowest BCUT2D eigenvalue weighted by molar-refractivity contribution is -0.137. The van der Waals surface area contributed by atoms with Crippen LogP contribution in [-0.2, 0) is 9.63 Å². The summed E-state index contributed by atoms with van der Waals surface area (Å²) in [5.41, 5.74) is 1.86. The lowest BCUT2D eigenvalue weighted by Gasteiger charge is -2.21. The number of halogens is 2. The predicted molar refractivity (Wildman–Crippen MR) is 101 cm³/mol. The summed E-state index contributed by atoms with van der Waals surface area (Å²) in [4.78, 5) is 15.5. The Balaban J connectivity index is 0.000000242. The number of rotatable bonds is 5. The van der Waals surface area contributed by atoms with E-state index in [0.717, 1.165) is 30.7 Å². The normalized spacial score (nSPS) is 24.0. The predicted octanol–water partition coefficient (Wildman–Crippen LogP) is 4.36. The summed E-state index contributed by atoms with van der Waals surface area (Å²) in [6.07, 6.45) is 4.36. The van der Waals surface area contributed by atoms with Gasteiger partial charge in [0.25, 0.3) is 0 Å². The van der Waals surface area contributed by atoms with Crippen LogP contribution in [0.25, 0.3) is 0 Å². The minimum atomic E-state index is -0.722. The van der Waals surface area contributed by atoms with Crippen molar-refractivity contribution in [3.05, 3.63) is 33.8 Å². The molecule has 0 saturated heterocycles. The molecule has 3 rings (SSSR count). The number of fused-ring (bicyclic) bond motifs is 1. The van der Waals surface area contributed by atoms with E-state index in [0.29, 0.717) is 22.4 Å². The molecular formula is C18H24Cl2N2O3. The van der Waals surface area contributed by atoms with Gasteiger partial charge in [-0.1, -0.05) is 28.4 Å². The summed E-state index contributed by atoms with van der Waals surface area (Å²) in [6, 6.07) is 5.54. The first kappa shape index (κ1) is 20.0. The number of carboxylic acids is 1. The molecule has 2 unspecified atom stereocenters. The largest absolute Gasteiger partial charge is 0.481 e. The van der Waals surface area contributed by atoms with Gasteiger partial charge < -0.3 is 15.3 Å². The molecule has 1 saturated carbocycles. The first-order valence-electron chi connectivity index (χ1n) is 8.44. The minimum absolute atomic E-state index is 0.121. The van der Waals surface area contributed by atoms with Crippen molar-refractivity contribution in [3.63, 3.8) is 0 Å². The SMILES string of the molecule is CC12CCCC1C(c1cc(Cl)cc(Cl)c1)=NO2.CNCCCC(=O)O. The number of benzene rings is 1. The average molecular weight is 387 g/mol. The maximum absolute atomic E-state index is 9.85. The highest BCUT2D eigenvalue weighted by Crippen LogP contribution is 2.45. The molecule has 0 aromatic heterocycles. The standard InChI is InChI=1S/C13H13Cl2NO.C5H11NO2/c1-13-4-2-3-11(13)12(16-17-13)8-5-9(14)7-10(15)6-8;1-6-4-2-3-5(7)8/h5-7,11H,2-4H2,1H3;6H,2-4H2,1H3,(H,7,8). The van der Waals surface area contributed by atoms with Crippen LogP contribution in [0, 0.1) is 5.92 Å². The van der Waals surface area contributed by atoms with Crippen LogP contribution in [0.1, 0.15) is 44.6 Å². The Hall–Kier alpha value is -1.30. The maximum Gasteiger partial charge on any atom is 0.303 e. The molecule has 0 radical (unpaired) electrons. The van der Waals surface area contributed by atoms with Crippen LogP contribution in [0.15, 0.2) is 23.4 Å². The van der Waals surface area contributed by atoms with Gasteiger partial charge in [-0.2, -0.15) is 0 Å².